The van der Waals surface area contributed by atoms with Crippen molar-refractivity contribution in [3.05, 3.63) is 41.8 Å². The first-order valence-electron chi connectivity index (χ1n) is 11.1. The zero-order chi connectivity index (χ0) is 22.9. The highest BCUT2D eigenvalue weighted by Gasteiger charge is 2.36. The van der Waals surface area contributed by atoms with Crippen molar-refractivity contribution in [2.45, 2.75) is 37.8 Å². The van der Waals surface area contributed by atoms with Crippen LogP contribution < -0.4 is 10.6 Å². The summed E-state index contributed by atoms with van der Waals surface area (Å²) in [5, 5.41) is 16.9. The van der Waals surface area contributed by atoms with Crippen LogP contribution in [-0.4, -0.2) is 62.1 Å². The molecule has 172 valence electrons. The highest BCUT2D eigenvalue weighted by molar-refractivity contribution is 6.29. The summed E-state index contributed by atoms with van der Waals surface area (Å²) in [7, 11) is 0. The largest absolute Gasteiger partial charge is 0.465 e. The van der Waals surface area contributed by atoms with Gasteiger partial charge in [-0.25, -0.2) is 14.8 Å². The van der Waals surface area contributed by atoms with Crippen LogP contribution in [0.1, 0.15) is 25.7 Å². The molecular formula is C23H25ClN6O3. The maximum atomic E-state index is 12.3. The van der Waals surface area contributed by atoms with Crippen LogP contribution in [0.4, 0.5) is 10.6 Å². The number of nitrogens with zero attached hydrogens (tertiary/aromatic N) is 3. The van der Waals surface area contributed by atoms with Crippen LogP contribution in [0, 0.1) is 5.92 Å². The van der Waals surface area contributed by atoms with Crippen LogP contribution in [0.5, 0.6) is 0 Å². The molecule has 5 rings (SSSR count). The Morgan fingerprint density at radius 1 is 1.15 bits per heavy atom. The van der Waals surface area contributed by atoms with Gasteiger partial charge in [-0.1, -0.05) is 11.6 Å². The van der Waals surface area contributed by atoms with Gasteiger partial charge >= 0.3 is 6.09 Å². The number of pyridine rings is 2. The second kappa shape index (κ2) is 8.90. The number of carbonyl (C=O) groups is 2. The Bertz CT molecular complexity index is 1180. The molecule has 0 bridgehead atoms. The summed E-state index contributed by atoms with van der Waals surface area (Å²) in [6, 6.07) is 8.14. The molecule has 4 heterocycles. The summed E-state index contributed by atoms with van der Waals surface area (Å²) in [6.07, 6.45) is 6.24. The summed E-state index contributed by atoms with van der Waals surface area (Å²) >= 11 is 6.33. The minimum atomic E-state index is -0.968. The number of rotatable bonds is 5. The van der Waals surface area contributed by atoms with E-state index >= 15 is 0 Å². The number of aromatic amines is 1. The van der Waals surface area contributed by atoms with E-state index in [4.69, 9.17) is 16.7 Å². The Balaban J connectivity index is 1.18. The van der Waals surface area contributed by atoms with E-state index in [1.54, 1.807) is 6.20 Å². The molecule has 1 aliphatic carbocycles. The molecule has 0 atom stereocenters. The van der Waals surface area contributed by atoms with Gasteiger partial charge in [-0.15, -0.1) is 0 Å². The van der Waals surface area contributed by atoms with Crippen LogP contribution >= 0.6 is 11.6 Å². The molecule has 2 amide bonds. The van der Waals surface area contributed by atoms with Crippen LogP contribution in [-0.2, 0) is 4.79 Å². The number of carboxylic acid groups (broad SMARTS) is 1. The number of aromatic nitrogens is 3. The lowest BCUT2D eigenvalue weighted by atomic mass is 9.90. The lowest BCUT2D eigenvalue weighted by Gasteiger charge is -2.37. The van der Waals surface area contributed by atoms with Crippen molar-refractivity contribution in [3.63, 3.8) is 0 Å². The molecule has 0 unspecified atom stereocenters. The van der Waals surface area contributed by atoms with Crippen molar-refractivity contribution >= 4 is 40.5 Å². The van der Waals surface area contributed by atoms with Gasteiger partial charge in [-0.05, 0) is 55.5 Å². The number of amides is 2. The van der Waals surface area contributed by atoms with Gasteiger partial charge in [-0.3, -0.25) is 4.79 Å². The first-order valence-corrected chi connectivity index (χ1v) is 11.5. The van der Waals surface area contributed by atoms with Crippen LogP contribution in [0.3, 0.4) is 0 Å². The van der Waals surface area contributed by atoms with Crippen LogP contribution in [0.15, 0.2) is 36.7 Å². The molecule has 1 saturated heterocycles. The molecule has 2 aliphatic rings. The molecule has 4 N–H and O–H groups in total. The zero-order valence-corrected chi connectivity index (χ0v) is 18.7. The number of nitrogens with one attached hydrogen (secondary N) is 3. The Hall–Kier alpha value is -3.33. The molecule has 2 fully saturated rings. The fraction of sp³-hybridized carbons (Fsp3) is 0.391. The second-order valence-electron chi connectivity index (χ2n) is 8.75. The normalized spacial score (nSPS) is 20.9. The number of likely N-dealkylation sites (tertiary alicyclic amines) is 1. The Kier molecular flexibility index (Phi) is 5.80. The average molecular weight is 469 g/mol. The summed E-state index contributed by atoms with van der Waals surface area (Å²) in [6.45, 7) is 0.570. The zero-order valence-electron chi connectivity index (χ0n) is 17.9. The van der Waals surface area contributed by atoms with Crippen LogP contribution in [0.25, 0.3) is 22.2 Å². The molecule has 1 saturated carbocycles. The number of anilines is 1. The topological polar surface area (TPSA) is 123 Å². The third kappa shape index (κ3) is 4.59. The third-order valence-electron chi connectivity index (χ3n) is 6.50. The molecule has 1 aliphatic heterocycles. The van der Waals surface area contributed by atoms with Gasteiger partial charge in [0.2, 0.25) is 5.91 Å². The van der Waals surface area contributed by atoms with E-state index in [9.17, 15) is 9.59 Å². The smallest absolute Gasteiger partial charge is 0.407 e. The van der Waals surface area contributed by atoms with Gasteiger partial charge in [0.1, 0.15) is 16.6 Å². The fourth-order valence-corrected chi connectivity index (χ4v) is 4.84. The number of H-pyrrole nitrogens is 1. The predicted molar refractivity (Wildman–Crippen MR) is 125 cm³/mol. The number of hydrogen-bond acceptors (Lipinski definition) is 5. The lowest BCUT2D eigenvalue weighted by molar-refractivity contribution is -0.130. The minimum absolute atomic E-state index is 0.0433. The summed E-state index contributed by atoms with van der Waals surface area (Å²) in [5.74, 6) is 0.454. The molecule has 0 radical (unpaired) electrons. The third-order valence-corrected chi connectivity index (χ3v) is 6.70. The van der Waals surface area contributed by atoms with E-state index in [2.05, 4.69) is 25.6 Å². The Labute approximate surface area is 195 Å². The lowest BCUT2D eigenvalue weighted by Crippen LogP contribution is -2.56. The van der Waals surface area contributed by atoms with E-state index < -0.39 is 6.09 Å². The first kappa shape index (κ1) is 21.5. The second-order valence-corrected chi connectivity index (χ2v) is 9.14. The molecular weight excluding hydrogens is 444 g/mol. The van der Waals surface area contributed by atoms with E-state index in [0.29, 0.717) is 5.15 Å². The Morgan fingerprint density at radius 3 is 2.67 bits per heavy atom. The van der Waals surface area contributed by atoms with Crippen molar-refractivity contribution in [2.24, 2.45) is 5.92 Å². The molecule has 0 spiro atoms. The van der Waals surface area contributed by atoms with Gasteiger partial charge in [0.15, 0.2) is 0 Å². The number of fused-ring (bicyclic) bond motifs is 1. The van der Waals surface area contributed by atoms with Crippen LogP contribution in [0.2, 0.25) is 5.15 Å². The predicted octanol–water partition coefficient (Wildman–Crippen LogP) is 3.73. The van der Waals surface area contributed by atoms with Crippen molar-refractivity contribution in [3.8, 4) is 11.1 Å². The summed E-state index contributed by atoms with van der Waals surface area (Å²) in [5.41, 5.74) is 2.82. The van der Waals surface area contributed by atoms with Crippen molar-refractivity contribution in [2.75, 3.05) is 18.4 Å². The van der Waals surface area contributed by atoms with Gasteiger partial charge in [-0.2, -0.15) is 0 Å². The van der Waals surface area contributed by atoms with Gasteiger partial charge in [0.05, 0.1) is 5.92 Å². The summed E-state index contributed by atoms with van der Waals surface area (Å²) < 4.78 is 0. The SMILES string of the molecule is O=C(N[C@H]1CC[C@H](Nc2cc(-c3c[nH]c4ncccc34)cc(Cl)n2)CC1)C1CN(C(=O)O)C1. The molecule has 3 aromatic heterocycles. The Morgan fingerprint density at radius 2 is 1.91 bits per heavy atom. The van der Waals surface area contributed by atoms with E-state index in [-0.39, 0.29) is 37.0 Å². The van der Waals surface area contributed by atoms with E-state index in [1.807, 2.05) is 30.5 Å². The highest BCUT2D eigenvalue weighted by atomic mass is 35.5. The summed E-state index contributed by atoms with van der Waals surface area (Å²) in [4.78, 5) is 36.4. The minimum Gasteiger partial charge on any atom is -0.465 e. The molecule has 3 aromatic rings. The molecule has 0 aromatic carbocycles. The first-order chi connectivity index (χ1) is 16.0. The average Bonchev–Trinajstić information content (AvgIpc) is 3.18. The molecule has 10 heteroatoms. The fourth-order valence-electron chi connectivity index (χ4n) is 4.63. The number of hydrogen-bond donors (Lipinski definition) is 4. The number of carbonyl (C=O) groups excluding carboxylic acids is 1. The van der Waals surface area contributed by atoms with E-state index in [0.717, 1.165) is 53.7 Å². The monoisotopic (exact) mass is 468 g/mol. The van der Waals surface area contributed by atoms with Crippen molar-refractivity contribution in [1.82, 2.24) is 25.2 Å². The number of halogens is 1. The molecule has 33 heavy (non-hydrogen) atoms. The van der Waals surface area contributed by atoms with Crippen molar-refractivity contribution < 1.29 is 14.7 Å². The van der Waals surface area contributed by atoms with Gasteiger partial charge < -0.3 is 25.6 Å². The standard InChI is InChI=1S/C23H25ClN6O3/c24-19-8-13(18-10-26-21-17(18)2-1-7-25-21)9-20(29-19)27-15-3-5-16(6-4-15)28-22(31)14-11-30(12-14)23(32)33/h1-2,7-10,14-16H,3-6,11-12H2,(H,25,26)(H,27,29)(H,28,31)(H,32,33)/t15-,16-. The quantitative estimate of drug-likeness (QED) is 0.423. The van der Waals surface area contributed by atoms with Crippen molar-refractivity contribution in [1.29, 1.82) is 0 Å². The van der Waals surface area contributed by atoms with Gasteiger partial charge in [0, 0.05) is 48.5 Å². The van der Waals surface area contributed by atoms with Gasteiger partial charge in [0.25, 0.3) is 0 Å². The maximum Gasteiger partial charge on any atom is 0.407 e. The van der Waals surface area contributed by atoms with E-state index in [1.165, 1.54) is 4.90 Å². The highest BCUT2D eigenvalue weighted by Crippen LogP contribution is 2.31. The maximum absolute atomic E-state index is 12.3. The molecule has 9 nitrogen and oxygen atoms in total.